The average Bonchev–Trinajstić information content (AvgIpc) is 2.77. The summed E-state index contributed by atoms with van der Waals surface area (Å²) in [5.41, 5.74) is 2.81. The first-order chi connectivity index (χ1) is 13.6. The molecular weight excluding hydrogens is 375 g/mol. The molecule has 0 aliphatic heterocycles. The summed E-state index contributed by atoms with van der Waals surface area (Å²) in [6.45, 7) is -0.244. The number of aliphatic hydroxyl groups excluding tert-OH is 2. The molecule has 0 saturated heterocycles. The first-order valence-electron chi connectivity index (χ1n) is 8.95. The van der Waals surface area contributed by atoms with E-state index in [4.69, 9.17) is 9.05 Å². The number of aliphatic hydroxyl groups is 2. The lowest BCUT2D eigenvalue weighted by atomic mass is 10.1. The van der Waals surface area contributed by atoms with Gasteiger partial charge in [-0.3, -0.25) is 4.57 Å². The van der Waals surface area contributed by atoms with Crippen LogP contribution in [-0.2, 0) is 40.0 Å². The van der Waals surface area contributed by atoms with E-state index >= 15 is 0 Å². The van der Waals surface area contributed by atoms with Crippen molar-refractivity contribution in [3.8, 4) is 0 Å². The van der Waals surface area contributed by atoms with Crippen LogP contribution in [0.4, 0.5) is 0 Å². The minimum Gasteiger partial charge on any atom is -0.392 e. The van der Waals surface area contributed by atoms with Crippen LogP contribution < -0.4 is 5.30 Å². The molecule has 2 N–H and O–H groups in total. The molecule has 28 heavy (non-hydrogen) atoms. The maximum Gasteiger partial charge on any atom is 0.362 e. The molecule has 0 aliphatic rings. The van der Waals surface area contributed by atoms with Crippen LogP contribution in [0.3, 0.4) is 0 Å². The van der Waals surface area contributed by atoms with E-state index in [-0.39, 0.29) is 26.4 Å². The van der Waals surface area contributed by atoms with Crippen LogP contribution in [0, 0.1) is 0 Å². The van der Waals surface area contributed by atoms with Crippen molar-refractivity contribution in [3.63, 3.8) is 0 Å². The lowest BCUT2D eigenvalue weighted by Gasteiger charge is -2.20. The Bertz CT molecular complexity index is 858. The topological polar surface area (TPSA) is 76.0 Å². The van der Waals surface area contributed by atoms with Crippen LogP contribution in [0.5, 0.6) is 0 Å². The number of benzene rings is 3. The SMILES string of the molecule is O=P(OCc1ccccc1)(OCc1ccccc1)c1cc(CO)cc(CO)c1. The Hall–Kier alpha value is -2.27. The molecule has 0 saturated carbocycles. The van der Waals surface area contributed by atoms with Crippen molar-refractivity contribution >= 4 is 12.9 Å². The molecule has 0 spiro atoms. The van der Waals surface area contributed by atoms with Gasteiger partial charge in [-0.1, -0.05) is 66.7 Å². The largest absolute Gasteiger partial charge is 0.392 e. The maximum absolute atomic E-state index is 13.7. The zero-order chi connectivity index (χ0) is 19.8. The minimum absolute atomic E-state index is 0.116. The zero-order valence-corrected chi connectivity index (χ0v) is 16.3. The maximum atomic E-state index is 13.7. The van der Waals surface area contributed by atoms with Crippen LogP contribution in [-0.4, -0.2) is 10.2 Å². The van der Waals surface area contributed by atoms with Crippen molar-refractivity contribution in [1.29, 1.82) is 0 Å². The molecule has 0 fully saturated rings. The molecule has 3 aromatic rings. The third-order valence-electron chi connectivity index (χ3n) is 4.21. The summed E-state index contributed by atoms with van der Waals surface area (Å²) < 4.78 is 25.3. The van der Waals surface area contributed by atoms with Crippen LogP contribution in [0.2, 0.25) is 0 Å². The van der Waals surface area contributed by atoms with Crippen molar-refractivity contribution in [2.75, 3.05) is 0 Å². The van der Waals surface area contributed by atoms with Gasteiger partial charge in [0, 0.05) is 0 Å². The van der Waals surface area contributed by atoms with E-state index < -0.39 is 7.60 Å². The molecule has 3 rings (SSSR count). The highest BCUT2D eigenvalue weighted by molar-refractivity contribution is 7.62. The van der Waals surface area contributed by atoms with Gasteiger partial charge in [-0.05, 0) is 34.4 Å². The number of hydrogen-bond acceptors (Lipinski definition) is 5. The van der Waals surface area contributed by atoms with E-state index in [1.807, 2.05) is 60.7 Å². The predicted molar refractivity (Wildman–Crippen MR) is 108 cm³/mol. The Morgan fingerprint density at radius 1 is 0.643 bits per heavy atom. The molecule has 0 aliphatic carbocycles. The highest BCUT2D eigenvalue weighted by Crippen LogP contribution is 2.49. The molecular formula is C22H23O5P. The Morgan fingerprint density at radius 2 is 1.07 bits per heavy atom. The summed E-state index contributed by atoms with van der Waals surface area (Å²) in [5, 5.41) is 19.3. The average molecular weight is 398 g/mol. The number of rotatable bonds is 9. The molecule has 0 heterocycles. The standard InChI is InChI=1S/C22H23O5P/c23-14-20-11-21(15-24)13-22(12-20)28(25,26-16-18-7-3-1-4-8-18)27-17-19-9-5-2-6-10-19/h1-13,23-24H,14-17H2. The summed E-state index contributed by atoms with van der Waals surface area (Å²) in [6.07, 6.45) is 0. The van der Waals surface area contributed by atoms with E-state index in [0.29, 0.717) is 16.4 Å². The molecule has 0 atom stereocenters. The predicted octanol–water partition coefficient (Wildman–Crippen LogP) is 3.92. The van der Waals surface area contributed by atoms with Gasteiger partial charge in [0.15, 0.2) is 0 Å². The Labute approximate surface area is 164 Å². The van der Waals surface area contributed by atoms with E-state index in [0.717, 1.165) is 11.1 Å². The van der Waals surface area contributed by atoms with E-state index in [2.05, 4.69) is 0 Å². The van der Waals surface area contributed by atoms with Gasteiger partial charge in [0.2, 0.25) is 0 Å². The van der Waals surface area contributed by atoms with Crippen molar-refractivity contribution in [2.24, 2.45) is 0 Å². The fourth-order valence-electron chi connectivity index (χ4n) is 2.74. The van der Waals surface area contributed by atoms with Gasteiger partial charge < -0.3 is 19.3 Å². The second-order valence-electron chi connectivity index (χ2n) is 6.34. The quantitative estimate of drug-likeness (QED) is 0.535. The summed E-state index contributed by atoms with van der Waals surface area (Å²) in [6, 6.07) is 23.7. The Kier molecular flexibility index (Phi) is 7.15. The molecule has 0 unspecified atom stereocenters. The monoisotopic (exact) mass is 398 g/mol. The van der Waals surface area contributed by atoms with Crippen molar-refractivity contribution < 1.29 is 23.8 Å². The van der Waals surface area contributed by atoms with Crippen molar-refractivity contribution in [2.45, 2.75) is 26.4 Å². The number of hydrogen-bond donors (Lipinski definition) is 2. The third kappa shape index (κ3) is 5.38. The Morgan fingerprint density at radius 3 is 1.46 bits per heavy atom. The van der Waals surface area contributed by atoms with Gasteiger partial charge >= 0.3 is 7.60 Å². The molecule has 0 radical (unpaired) electrons. The summed E-state index contributed by atoms with van der Waals surface area (Å²) >= 11 is 0. The van der Waals surface area contributed by atoms with Crippen molar-refractivity contribution in [3.05, 3.63) is 101 Å². The highest BCUT2D eigenvalue weighted by Gasteiger charge is 2.29. The van der Waals surface area contributed by atoms with E-state index in [1.54, 1.807) is 18.2 Å². The van der Waals surface area contributed by atoms with Gasteiger partial charge in [0.25, 0.3) is 0 Å². The molecule has 146 valence electrons. The summed E-state index contributed by atoms with van der Waals surface area (Å²) in [7, 11) is -3.71. The van der Waals surface area contributed by atoms with Gasteiger partial charge in [-0.2, -0.15) is 0 Å². The van der Waals surface area contributed by atoms with Gasteiger partial charge in [0.05, 0.1) is 31.7 Å². The van der Waals surface area contributed by atoms with Crippen LogP contribution >= 0.6 is 7.60 Å². The third-order valence-corrected chi connectivity index (χ3v) is 6.04. The van der Waals surface area contributed by atoms with Gasteiger partial charge in [-0.25, -0.2) is 0 Å². The molecule has 6 heteroatoms. The lowest BCUT2D eigenvalue weighted by molar-refractivity contribution is 0.200. The van der Waals surface area contributed by atoms with E-state index in [1.165, 1.54) is 0 Å². The fourth-order valence-corrected chi connectivity index (χ4v) is 4.40. The smallest absolute Gasteiger partial charge is 0.362 e. The molecule has 5 nitrogen and oxygen atoms in total. The second-order valence-corrected chi connectivity index (χ2v) is 8.37. The van der Waals surface area contributed by atoms with Crippen LogP contribution in [0.1, 0.15) is 22.3 Å². The second kappa shape index (κ2) is 9.78. The normalized spacial score (nSPS) is 11.5. The first-order valence-corrected chi connectivity index (χ1v) is 10.5. The molecule has 0 amide bonds. The molecule has 0 aromatic heterocycles. The molecule has 3 aromatic carbocycles. The Balaban J connectivity index is 1.89. The minimum atomic E-state index is -3.71. The highest BCUT2D eigenvalue weighted by atomic mass is 31.2. The van der Waals surface area contributed by atoms with Gasteiger partial charge in [-0.15, -0.1) is 0 Å². The van der Waals surface area contributed by atoms with Gasteiger partial charge in [0.1, 0.15) is 0 Å². The van der Waals surface area contributed by atoms with Crippen LogP contribution in [0.25, 0.3) is 0 Å². The zero-order valence-electron chi connectivity index (χ0n) is 15.4. The van der Waals surface area contributed by atoms with Crippen molar-refractivity contribution in [1.82, 2.24) is 0 Å². The first kappa shape index (κ1) is 20.5. The molecule has 0 bridgehead atoms. The fraction of sp³-hybridized carbons (Fsp3) is 0.182. The lowest BCUT2D eigenvalue weighted by Crippen LogP contribution is -2.13. The van der Waals surface area contributed by atoms with E-state index in [9.17, 15) is 14.8 Å². The summed E-state index contributed by atoms with van der Waals surface area (Å²) in [5.74, 6) is 0. The van der Waals surface area contributed by atoms with Crippen LogP contribution in [0.15, 0.2) is 78.9 Å². The summed E-state index contributed by atoms with van der Waals surface area (Å²) in [4.78, 5) is 0.